The SMILES string of the molecule is COc1ccc(CN(Cc2ccc(OC)cc2)c2ccc(I)c(-c3c(Cl)cc4c(N5CCN(C(=O)OC(C)(C)C)CC5)nc(OC[C@@]56CCCN5C[C@H](F)C6)nc4c3F)n2)cc1. The Morgan fingerprint density at radius 3 is 2.18 bits per heavy atom. The maximum Gasteiger partial charge on any atom is 0.410 e. The lowest BCUT2D eigenvalue weighted by molar-refractivity contribution is 0.0240. The van der Waals surface area contributed by atoms with Gasteiger partial charge in [-0.2, -0.15) is 9.97 Å². The molecule has 5 heterocycles. The molecule has 62 heavy (non-hydrogen) atoms. The molecule has 3 saturated heterocycles. The monoisotopic (exact) mass is 981 g/mol. The predicted molar refractivity (Wildman–Crippen MR) is 245 cm³/mol. The van der Waals surface area contributed by atoms with Crippen molar-refractivity contribution in [3.63, 3.8) is 0 Å². The number of pyridine rings is 1. The Kier molecular flexibility index (Phi) is 12.9. The topological polar surface area (TPSA) is 106 Å². The fourth-order valence-electron chi connectivity index (χ4n) is 8.66. The van der Waals surface area contributed by atoms with E-state index in [1.165, 1.54) is 0 Å². The summed E-state index contributed by atoms with van der Waals surface area (Å²) in [5.74, 6) is 1.88. The molecule has 16 heteroatoms. The van der Waals surface area contributed by atoms with E-state index in [4.69, 9.17) is 45.5 Å². The van der Waals surface area contributed by atoms with Crippen LogP contribution in [0.3, 0.4) is 0 Å². The van der Waals surface area contributed by atoms with Gasteiger partial charge in [0.05, 0.1) is 36.0 Å². The number of nitrogens with zero attached hydrogens (tertiary/aromatic N) is 7. The van der Waals surface area contributed by atoms with E-state index in [1.807, 2.05) is 86.3 Å². The van der Waals surface area contributed by atoms with E-state index in [9.17, 15) is 9.18 Å². The number of hydrogen-bond acceptors (Lipinski definition) is 11. The second-order valence-corrected chi connectivity index (χ2v) is 18.7. The molecule has 8 rings (SSSR count). The lowest BCUT2D eigenvalue weighted by Gasteiger charge is -2.36. The Morgan fingerprint density at radius 1 is 0.919 bits per heavy atom. The fraction of sp³-hybridized carbons (Fsp3) is 0.435. The Hall–Kier alpha value is -4.74. The van der Waals surface area contributed by atoms with Crippen LogP contribution >= 0.6 is 34.2 Å². The van der Waals surface area contributed by atoms with Crippen LogP contribution in [0, 0.1) is 9.39 Å². The fourth-order valence-corrected chi connectivity index (χ4v) is 9.51. The molecule has 1 amide bonds. The molecule has 2 atom stereocenters. The normalized spacial score (nSPS) is 19.1. The molecule has 3 aromatic carbocycles. The molecular formula is C46H51ClF2IN7O5. The van der Waals surface area contributed by atoms with Gasteiger partial charge in [0, 0.05) is 61.2 Å². The van der Waals surface area contributed by atoms with Crippen LogP contribution in [0.4, 0.5) is 25.2 Å². The maximum atomic E-state index is 17.6. The first-order valence-electron chi connectivity index (χ1n) is 20.8. The molecule has 3 aliphatic rings. The largest absolute Gasteiger partial charge is 0.497 e. The number of hydrogen-bond donors (Lipinski definition) is 0. The Balaban J connectivity index is 1.17. The molecule has 0 saturated carbocycles. The van der Waals surface area contributed by atoms with Crippen LogP contribution < -0.4 is 24.0 Å². The zero-order valence-electron chi connectivity index (χ0n) is 35.6. The first-order valence-corrected chi connectivity index (χ1v) is 22.3. The molecule has 12 nitrogen and oxygen atoms in total. The van der Waals surface area contributed by atoms with Gasteiger partial charge < -0.3 is 33.6 Å². The minimum absolute atomic E-state index is 0.0145. The highest BCUT2D eigenvalue weighted by molar-refractivity contribution is 14.1. The van der Waals surface area contributed by atoms with E-state index in [0.717, 1.165) is 42.0 Å². The van der Waals surface area contributed by atoms with Crippen molar-refractivity contribution in [3.8, 4) is 28.8 Å². The summed E-state index contributed by atoms with van der Waals surface area (Å²) in [6.45, 7) is 9.35. The number of halogens is 4. The van der Waals surface area contributed by atoms with E-state index in [-0.39, 0.29) is 28.7 Å². The van der Waals surface area contributed by atoms with Gasteiger partial charge in [-0.05, 0) is 116 Å². The van der Waals surface area contributed by atoms with E-state index >= 15 is 4.39 Å². The van der Waals surface area contributed by atoms with Crippen molar-refractivity contribution >= 4 is 62.8 Å². The van der Waals surface area contributed by atoms with Crippen LogP contribution in [0.25, 0.3) is 22.2 Å². The molecule has 3 fully saturated rings. The van der Waals surface area contributed by atoms with Crippen molar-refractivity contribution in [1.29, 1.82) is 0 Å². The third kappa shape index (κ3) is 9.44. The summed E-state index contributed by atoms with van der Waals surface area (Å²) in [6.07, 6.45) is 0.766. The summed E-state index contributed by atoms with van der Waals surface area (Å²) in [5.41, 5.74) is 1.43. The summed E-state index contributed by atoms with van der Waals surface area (Å²) in [6, 6.07) is 21.2. The number of methoxy groups -OCH3 is 2. The van der Waals surface area contributed by atoms with Crippen LogP contribution in [0.1, 0.15) is 51.2 Å². The number of ether oxygens (including phenoxy) is 4. The van der Waals surface area contributed by atoms with Crippen LogP contribution in [-0.2, 0) is 17.8 Å². The van der Waals surface area contributed by atoms with Crippen LogP contribution in [0.2, 0.25) is 5.02 Å². The van der Waals surface area contributed by atoms with Crippen molar-refractivity contribution in [1.82, 2.24) is 24.8 Å². The average molecular weight is 982 g/mol. The zero-order valence-corrected chi connectivity index (χ0v) is 38.5. The standard InChI is InChI=1S/C46H51ClF2IN7O5/c1-45(2,3)62-44(58)55-21-19-54(20-22-55)42-34-23-35(47)38(39(49)40(34)52-43(53-42)61-28-46-17-6-18-57(46)27-31(48)24-46)41-36(50)15-16-37(51-41)56(25-29-7-11-32(59-4)12-8-29)26-30-9-13-33(60-5)14-10-30/h7-16,23,31H,6,17-22,24-28H2,1-5H3/t31-,46+/m1/s1. The van der Waals surface area contributed by atoms with Crippen LogP contribution in [0.5, 0.6) is 17.5 Å². The molecule has 3 aliphatic heterocycles. The third-order valence-electron chi connectivity index (χ3n) is 11.8. The third-order valence-corrected chi connectivity index (χ3v) is 12.9. The highest BCUT2D eigenvalue weighted by atomic mass is 127. The van der Waals surface area contributed by atoms with Gasteiger partial charge in [0.25, 0.3) is 0 Å². The van der Waals surface area contributed by atoms with Crippen molar-refractivity contribution in [2.24, 2.45) is 0 Å². The highest BCUT2D eigenvalue weighted by Crippen LogP contribution is 2.43. The van der Waals surface area contributed by atoms with Gasteiger partial charge in [0.15, 0.2) is 5.82 Å². The van der Waals surface area contributed by atoms with Gasteiger partial charge in [0.1, 0.15) is 47.0 Å². The molecule has 0 unspecified atom stereocenters. The van der Waals surface area contributed by atoms with Gasteiger partial charge in [-0.1, -0.05) is 35.9 Å². The van der Waals surface area contributed by atoms with E-state index in [2.05, 4.69) is 32.4 Å². The van der Waals surface area contributed by atoms with Gasteiger partial charge in [-0.25, -0.2) is 18.6 Å². The van der Waals surface area contributed by atoms with Crippen molar-refractivity contribution in [2.45, 2.75) is 70.4 Å². The summed E-state index contributed by atoms with van der Waals surface area (Å²) in [5, 5.41) is 0.534. The van der Waals surface area contributed by atoms with Crippen molar-refractivity contribution in [3.05, 3.63) is 92.3 Å². The number of amides is 1. The summed E-state index contributed by atoms with van der Waals surface area (Å²) in [7, 11) is 3.27. The maximum absolute atomic E-state index is 17.6. The first kappa shape index (κ1) is 43.9. The number of piperazine rings is 1. The van der Waals surface area contributed by atoms with Gasteiger partial charge in [0.2, 0.25) is 0 Å². The number of benzene rings is 3. The number of carbonyl (C=O) groups is 1. The minimum atomic E-state index is -0.940. The number of carbonyl (C=O) groups excluding carboxylic acids is 1. The van der Waals surface area contributed by atoms with Gasteiger partial charge in [-0.15, -0.1) is 0 Å². The zero-order chi connectivity index (χ0) is 43.8. The quantitative estimate of drug-likeness (QED) is 0.112. The summed E-state index contributed by atoms with van der Waals surface area (Å²) >= 11 is 9.28. The number of anilines is 2. The number of rotatable bonds is 12. The molecule has 0 spiro atoms. The van der Waals surface area contributed by atoms with Crippen LogP contribution in [-0.4, -0.2) is 108 Å². The van der Waals surface area contributed by atoms with Gasteiger partial charge >= 0.3 is 12.1 Å². The molecule has 328 valence electrons. The average Bonchev–Trinajstić information content (AvgIpc) is 3.79. The summed E-state index contributed by atoms with van der Waals surface area (Å²) in [4.78, 5) is 35.6. The summed E-state index contributed by atoms with van der Waals surface area (Å²) < 4.78 is 55.8. The van der Waals surface area contributed by atoms with E-state index in [0.29, 0.717) is 78.5 Å². The smallest absolute Gasteiger partial charge is 0.410 e. The number of fused-ring (bicyclic) bond motifs is 2. The van der Waals surface area contributed by atoms with E-state index < -0.39 is 29.2 Å². The highest BCUT2D eigenvalue weighted by Gasteiger charge is 2.49. The minimum Gasteiger partial charge on any atom is -0.497 e. The molecule has 5 aromatic rings. The molecule has 0 aliphatic carbocycles. The predicted octanol–water partition coefficient (Wildman–Crippen LogP) is 9.33. The molecule has 0 radical (unpaired) electrons. The van der Waals surface area contributed by atoms with Crippen molar-refractivity contribution < 1.29 is 32.5 Å². The van der Waals surface area contributed by atoms with Crippen molar-refractivity contribution in [2.75, 3.05) is 69.9 Å². The molecule has 2 aromatic heterocycles. The van der Waals surface area contributed by atoms with E-state index in [1.54, 1.807) is 25.2 Å². The Morgan fingerprint density at radius 2 is 1.56 bits per heavy atom. The Labute approximate surface area is 379 Å². The van der Waals surface area contributed by atoms with Gasteiger partial charge in [-0.3, -0.25) is 4.90 Å². The molecule has 0 N–H and O–H groups in total. The molecule has 0 bridgehead atoms. The first-order chi connectivity index (χ1) is 29.7. The second-order valence-electron chi connectivity index (χ2n) is 17.1. The second kappa shape index (κ2) is 18.2. The number of alkyl halides is 1. The van der Waals surface area contributed by atoms with Crippen LogP contribution in [0.15, 0.2) is 66.7 Å². The lowest BCUT2D eigenvalue weighted by Crippen LogP contribution is -2.50. The lowest BCUT2D eigenvalue weighted by atomic mass is 9.95. The molecular weight excluding hydrogens is 931 g/mol. The number of aromatic nitrogens is 3. The Bertz CT molecular complexity index is 2370.